The van der Waals surface area contributed by atoms with Crippen molar-refractivity contribution in [2.24, 2.45) is 0 Å². The third kappa shape index (κ3) is 6.00. The number of anilines is 1. The average Bonchev–Trinajstić information content (AvgIpc) is 2.64. The van der Waals surface area contributed by atoms with Crippen LogP contribution in [0.5, 0.6) is 5.75 Å². The van der Waals surface area contributed by atoms with E-state index in [9.17, 15) is 22.8 Å². The monoisotopic (exact) mass is 394 g/mol. The zero-order valence-corrected chi connectivity index (χ0v) is 15.5. The molecule has 2 rings (SSSR count). The molecule has 2 aromatic carbocycles. The molecule has 150 valence electrons. The van der Waals surface area contributed by atoms with Gasteiger partial charge in [0.15, 0.2) is 6.61 Å². The largest absolute Gasteiger partial charge is 0.484 e. The number of hydrogen-bond acceptors (Lipinski definition) is 3. The number of carbonyl (C=O) groups is 2. The van der Waals surface area contributed by atoms with Crippen LogP contribution >= 0.6 is 0 Å². The van der Waals surface area contributed by atoms with Crippen molar-refractivity contribution in [2.45, 2.75) is 20.0 Å². The minimum Gasteiger partial charge on any atom is -0.484 e. The standard InChI is InChI=1S/C20H21F3N2O3/c1-14-7-9-16(10-8-14)28-13-19(27)24-11-12-25(15(2)26)18-6-4-3-5-17(18)20(21,22)23/h3-10H,11-13H2,1-2H3,(H,24,27). The van der Waals surface area contributed by atoms with Crippen LogP contribution < -0.4 is 15.0 Å². The number of nitrogens with zero attached hydrogens (tertiary/aromatic N) is 1. The summed E-state index contributed by atoms with van der Waals surface area (Å²) >= 11 is 0. The molecule has 0 radical (unpaired) electrons. The highest BCUT2D eigenvalue weighted by Crippen LogP contribution is 2.36. The van der Waals surface area contributed by atoms with E-state index in [1.54, 1.807) is 12.1 Å². The van der Waals surface area contributed by atoms with Crippen molar-refractivity contribution in [3.05, 3.63) is 59.7 Å². The number of halogens is 3. The number of rotatable bonds is 7. The summed E-state index contributed by atoms with van der Waals surface area (Å²) in [4.78, 5) is 24.7. The summed E-state index contributed by atoms with van der Waals surface area (Å²) in [5, 5.41) is 2.54. The molecule has 2 aromatic rings. The van der Waals surface area contributed by atoms with Gasteiger partial charge in [-0.1, -0.05) is 29.8 Å². The van der Waals surface area contributed by atoms with E-state index in [4.69, 9.17) is 4.74 Å². The molecule has 0 fully saturated rings. The van der Waals surface area contributed by atoms with Gasteiger partial charge in [-0.05, 0) is 31.2 Å². The zero-order chi connectivity index (χ0) is 20.7. The molecular formula is C20H21F3N2O3. The summed E-state index contributed by atoms with van der Waals surface area (Å²) in [6.45, 7) is 2.76. The molecule has 0 aliphatic carbocycles. The van der Waals surface area contributed by atoms with Crippen molar-refractivity contribution < 1.29 is 27.5 Å². The quantitative estimate of drug-likeness (QED) is 0.781. The van der Waals surface area contributed by atoms with Gasteiger partial charge in [0.1, 0.15) is 5.75 Å². The number of ether oxygens (including phenoxy) is 1. The van der Waals surface area contributed by atoms with E-state index in [0.717, 1.165) is 16.5 Å². The highest BCUT2D eigenvalue weighted by Gasteiger charge is 2.35. The number of para-hydroxylation sites is 1. The van der Waals surface area contributed by atoms with Gasteiger partial charge in [-0.2, -0.15) is 13.2 Å². The van der Waals surface area contributed by atoms with Crippen molar-refractivity contribution in [2.75, 3.05) is 24.6 Å². The molecule has 0 spiro atoms. The summed E-state index contributed by atoms with van der Waals surface area (Å²) in [7, 11) is 0. The Kier molecular flexibility index (Phi) is 7.03. The number of amides is 2. The Hall–Kier alpha value is -3.03. The molecule has 0 aromatic heterocycles. The topological polar surface area (TPSA) is 58.6 Å². The fourth-order valence-electron chi connectivity index (χ4n) is 2.54. The fourth-order valence-corrected chi connectivity index (χ4v) is 2.54. The molecular weight excluding hydrogens is 373 g/mol. The molecule has 28 heavy (non-hydrogen) atoms. The van der Waals surface area contributed by atoms with Crippen LogP contribution in [0.3, 0.4) is 0 Å². The van der Waals surface area contributed by atoms with Crippen molar-refractivity contribution >= 4 is 17.5 Å². The van der Waals surface area contributed by atoms with Crippen molar-refractivity contribution in [3.8, 4) is 5.75 Å². The lowest BCUT2D eigenvalue weighted by molar-refractivity contribution is -0.137. The van der Waals surface area contributed by atoms with E-state index >= 15 is 0 Å². The molecule has 5 nitrogen and oxygen atoms in total. The van der Waals surface area contributed by atoms with Crippen LogP contribution in [-0.2, 0) is 15.8 Å². The van der Waals surface area contributed by atoms with Gasteiger partial charge in [0.05, 0.1) is 11.3 Å². The van der Waals surface area contributed by atoms with E-state index in [-0.39, 0.29) is 25.4 Å². The minimum absolute atomic E-state index is 0.0120. The van der Waals surface area contributed by atoms with E-state index in [0.29, 0.717) is 5.75 Å². The Morgan fingerprint density at radius 2 is 1.71 bits per heavy atom. The molecule has 0 heterocycles. The van der Waals surface area contributed by atoms with Gasteiger partial charge in [-0.3, -0.25) is 9.59 Å². The van der Waals surface area contributed by atoms with Gasteiger partial charge < -0.3 is 15.0 Å². The van der Waals surface area contributed by atoms with Crippen LogP contribution in [0.1, 0.15) is 18.1 Å². The SMILES string of the molecule is CC(=O)N(CCNC(=O)COc1ccc(C)cc1)c1ccccc1C(F)(F)F. The van der Waals surface area contributed by atoms with Crippen LogP contribution in [0.2, 0.25) is 0 Å². The predicted molar refractivity (Wildman–Crippen MR) is 99.2 cm³/mol. The maximum atomic E-state index is 13.2. The lowest BCUT2D eigenvalue weighted by Gasteiger charge is -2.25. The van der Waals surface area contributed by atoms with Crippen LogP contribution in [0.25, 0.3) is 0 Å². The Bertz CT molecular complexity index is 820. The maximum absolute atomic E-state index is 13.2. The molecule has 0 saturated heterocycles. The Morgan fingerprint density at radius 1 is 1.07 bits per heavy atom. The van der Waals surface area contributed by atoms with Crippen molar-refractivity contribution in [3.63, 3.8) is 0 Å². The van der Waals surface area contributed by atoms with Crippen LogP contribution in [0.15, 0.2) is 48.5 Å². The van der Waals surface area contributed by atoms with E-state index in [2.05, 4.69) is 5.32 Å². The maximum Gasteiger partial charge on any atom is 0.418 e. The summed E-state index contributed by atoms with van der Waals surface area (Å²) < 4.78 is 44.9. The summed E-state index contributed by atoms with van der Waals surface area (Å²) in [6, 6.07) is 12.0. The molecule has 1 N–H and O–H groups in total. The third-order valence-corrected chi connectivity index (χ3v) is 3.93. The number of nitrogens with one attached hydrogen (secondary N) is 1. The highest BCUT2D eigenvalue weighted by molar-refractivity contribution is 5.92. The number of alkyl halides is 3. The lowest BCUT2D eigenvalue weighted by atomic mass is 10.1. The van der Waals surface area contributed by atoms with Gasteiger partial charge in [-0.25, -0.2) is 0 Å². The van der Waals surface area contributed by atoms with Crippen LogP contribution in [-0.4, -0.2) is 31.5 Å². The first-order valence-electron chi connectivity index (χ1n) is 8.59. The summed E-state index contributed by atoms with van der Waals surface area (Å²) in [6.07, 6.45) is -4.59. The van der Waals surface area contributed by atoms with Gasteiger partial charge >= 0.3 is 6.18 Å². The fraction of sp³-hybridized carbons (Fsp3) is 0.300. The number of carbonyl (C=O) groups excluding carboxylic acids is 2. The van der Waals surface area contributed by atoms with Crippen LogP contribution in [0, 0.1) is 6.92 Å². The first-order valence-corrected chi connectivity index (χ1v) is 8.59. The van der Waals surface area contributed by atoms with Crippen molar-refractivity contribution in [1.82, 2.24) is 5.32 Å². The molecule has 0 unspecified atom stereocenters. The van der Waals surface area contributed by atoms with E-state index in [1.165, 1.54) is 25.1 Å². The lowest BCUT2D eigenvalue weighted by Crippen LogP contribution is -2.39. The van der Waals surface area contributed by atoms with Crippen LogP contribution in [0.4, 0.5) is 18.9 Å². The molecule has 0 aliphatic heterocycles. The predicted octanol–water partition coefficient (Wildman–Crippen LogP) is 3.56. The number of aryl methyl sites for hydroxylation is 1. The average molecular weight is 394 g/mol. The number of benzene rings is 2. The van der Waals surface area contributed by atoms with Gasteiger partial charge in [-0.15, -0.1) is 0 Å². The highest BCUT2D eigenvalue weighted by atomic mass is 19.4. The second-order valence-corrected chi connectivity index (χ2v) is 6.14. The molecule has 8 heteroatoms. The molecule has 0 atom stereocenters. The summed E-state index contributed by atoms with van der Waals surface area (Å²) in [5.41, 5.74) is -0.0906. The van der Waals surface area contributed by atoms with Gasteiger partial charge in [0.25, 0.3) is 5.91 Å². The molecule has 0 aliphatic rings. The summed E-state index contributed by atoms with van der Waals surface area (Å²) in [5.74, 6) is -0.458. The van der Waals surface area contributed by atoms with E-state index < -0.39 is 23.6 Å². The molecule has 2 amide bonds. The number of hydrogen-bond donors (Lipinski definition) is 1. The molecule has 0 bridgehead atoms. The first kappa shape index (κ1) is 21.3. The smallest absolute Gasteiger partial charge is 0.418 e. The second-order valence-electron chi connectivity index (χ2n) is 6.14. The Balaban J connectivity index is 1.93. The first-order chi connectivity index (χ1) is 13.2. The third-order valence-electron chi connectivity index (χ3n) is 3.93. The molecule has 0 saturated carbocycles. The Morgan fingerprint density at radius 3 is 2.32 bits per heavy atom. The normalized spacial score (nSPS) is 11.0. The van der Waals surface area contributed by atoms with Gasteiger partial charge in [0, 0.05) is 20.0 Å². The minimum atomic E-state index is -4.59. The van der Waals surface area contributed by atoms with Crippen molar-refractivity contribution in [1.29, 1.82) is 0 Å². The van der Waals surface area contributed by atoms with E-state index in [1.807, 2.05) is 19.1 Å². The Labute approximate surface area is 161 Å². The second kappa shape index (κ2) is 9.25. The zero-order valence-electron chi connectivity index (χ0n) is 15.5. The van der Waals surface area contributed by atoms with Gasteiger partial charge in [0.2, 0.25) is 5.91 Å².